The summed E-state index contributed by atoms with van der Waals surface area (Å²) in [5, 5.41) is 5.15. The number of carbonyl (C=O) groups is 1. The lowest BCUT2D eigenvalue weighted by atomic mass is 10.1. The molecule has 2 amide bonds. The van der Waals surface area contributed by atoms with E-state index in [1.807, 2.05) is 6.20 Å². The van der Waals surface area contributed by atoms with E-state index in [4.69, 9.17) is 4.74 Å². The topological polar surface area (TPSA) is 85.6 Å². The summed E-state index contributed by atoms with van der Waals surface area (Å²) < 4.78 is 61.4. The summed E-state index contributed by atoms with van der Waals surface area (Å²) in [5.41, 5.74) is 1.96. The smallest absolute Gasteiger partial charge is 0.387 e. The van der Waals surface area contributed by atoms with Gasteiger partial charge in [-0.15, -0.1) is 0 Å². The van der Waals surface area contributed by atoms with Crippen LogP contribution < -0.4 is 19.3 Å². The summed E-state index contributed by atoms with van der Waals surface area (Å²) in [7, 11) is 1.79. The molecule has 0 N–H and O–H groups in total. The number of hydrogen-bond acceptors (Lipinski definition) is 6. The summed E-state index contributed by atoms with van der Waals surface area (Å²) in [6, 6.07) is 10.2. The molecule has 36 heavy (non-hydrogen) atoms. The van der Waals surface area contributed by atoms with Crippen molar-refractivity contribution in [3.8, 4) is 11.6 Å². The van der Waals surface area contributed by atoms with Gasteiger partial charge in [0.1, 0.15) is 11.4 Å². The molecule has 1 aliphatic rings. The number of aromatic nitrogens is 4. The molecule has 0 bridgehead atoms. The molecule has 0 saturated carbocycles. The number of amides is 2. The molecule has 1 aliphatic heterocycles. The number of halogens is 4. The number of anilines is 3. The molecule has 2 aromatic carbocycles. The van der Waals surface area contributed by atoms with Crippen LogP contribution in [0.2, 0.25) is 0 Å². The van der Waals surface area contributed by atoms with E-state index in [0.29, 0.717) is 11.4 Å². The molecule has 9 nitrogen and oxygen atoms in total. The zero-order valence-electron chi connectivity index (χ0n) is 18.7. The van der Waals surface area contributed by atoms with Crippen LogP contribution in [0.5, 0.6) is 11.6 Å². The largest absolute Gasteiger partial charge is 0.470 e. The van der Waals surface area contributed by atoms with Crippen LogP contribution in [-0.4, -0.2) is 45.4 Å². The van der Waals surface area contributed by atoms with E-state index in [0.717, 1.165) is 10.9 Å². The quantitative estimate of drug-likeness (QED) is 0.335. The van der Waals surface area contributed by atoms with E-state index in [1.54, 1.807) is 29.9 Å². The van der Waals surface area contributed by atoms with E-state index < -0.39 is 25.7 Å². The number of aryl methyl sites for hydroxylation is 1. The van der Waals surface area contributed by atoms with Gasteiger partial charge in [-0.25, -0.2) is 23.5 Å². The van der Waals surface area contributed by atoms with Gasteiger partial charge in [0.05, 0.1) is 23.9 Å². The average Bonchev–Trinajstić information content (AvgIpc) is 3.22. The van der Waals surface area contributed by atoms with Crippen LogP contribution in [0.3, 0.4) is 0 Å². The number of urea groups is 1. The van der Waals surface area contributed by atoms with Gasteiger partial charge in [-0.1, -0.05) is 0 Å². The molecule has 0 atom stereocenters. The lowest BCUT2D eigenvalue weighted by molar-refractivity contribution is -0.0498. The molecule has 3 heterocycles. The number of benzene rings is 2. The molecule has 0 aliphatic carbocycles. The van der Waals surface area contributed by atoms with Gasteiger partial charge in [-0.05, 0) is 42.5 Å². The van der Waals surface area contributed by atoms with E-state index in [9.17, 15) is 22.4 Å². The van der Waals surface area contributed by atoms with Crippen molar-refractivity contribution in [2.24, 2.45) is 7.05 Å². The molecule has 0 spiro atoms. The lowest BCUT2D eigenvalue weighted by Gasteiger charge is -2.35. The maximum atomic E-state index is 13.7. The second-order valence-corrected chi connectivity index (χ2v) is 7.80. The molecular formula is C23H18F4N6O3. The Labute approximate surface area is 201 Å². The van der Waals surface area contributed by atoms with Crippen LogP contribution in [-0.2, 0) is 13.6 Å². The maximum Gasteiger partial charge on any atom is 0.387 e. The summed E-state index contributed by atoms with van der Waals surface area (Å²) >= 11 is 0. The maximum absolute atomic E-state index is 13.7. The third kappa shape index (κ3) is 4.59. The molecule has 2 aromatic heterocycles. The number of alkyl halides is 4. The first-order valence-electron chi connectivity index (χ1n) is 10.7. The average molecular weight is 502 g/mol. The van der Waals surface area contributed by atoms with Gasteiger partial charge in [0, 0.05) is 24.3 Å². The Morgan fingerprint density at radius 2 is 1.81 bits per heavy atom. The van der Waals surface area contributed by atoms with Crippen LogP contribution in [0.15, 0.2) is 54.9 Å². The van der Waals surface area contributed by atoms with E-state index >= 15 is 0 Å². The van der Waals surface area contributed by atoms with Crippen molar-refractivity contribution in [3.63, 3.8) is 0 Å². The molecule has 5 rings (SSSR count). The Balaban J connectivity index is 1.56. The first-order valence-corrected chi connectivity index (χ1v) is 10.7. The molecule has 4 aromatic rings. The minimum absolute atomic E-state index is 0.0468. The van der Waals surface area contributed by atoms with Gasteiger partial charge in [-0.2, -0.15) is 18.9 Å². The molecule has 13 heteroatoms. The number of ether oxygens (including phenoxy) is 2. The summed E-state index contributed by atoms with van der Waals surface area (Å²) in [5.74, 6) is -0.208. The van der Waals surface area contributed by atoms with Crippen molar-refractivity contribution in [1.29, 1.82) is 0 Å². The van der Waals surface area contributed by atoms with Gasteiger partial charge in [0.15, 0.2) is 12.4 Å². The fourth-order valence-corrected chi connectivity index (χ4v) is 3.84. The second-order valence-electron chi connectivity index (χ2n) is 7.80. The fraction of sp³-hybridized carbons (Fsp3) is 0.217. The lowest BCUT2D eigenvalue weighted by Crippen LogP contribution is -2.45. The second kappa shape index (κ2) is 9.32. The minimum Gasteiger partial charge on any atom is -0.470 e. The monoisotopic (exact) mass is 502 g/mol. The predicted octanol–water partition coefficient (Wildman–Crippen LogP) is 4.89. The number of fused-ring (bicyclic) bond motifs is 2. The number of nitrogens with zero attached hydrogens (tertiary/aromatic N) is 6. The standard InChI is InChI=1S/C23H18F4N6O3/c1-31-10-13-8-15(4-7-17(13)30-31)32-11-18-21(29-20(9-28-18)35-12-19(24)25)33(23(32)34)14-2-5-16(6-3-14)36-22(26)27/h2-10,19,22H,11-12H2,1H3. The summed E-state index contributed by atoms with van der Waals surface area (Å²) in [4.78, 5) is 24.9. The zero-order chi connectivity index (χ0) is 25.4. The van der Waals surface area contributed by atoms with Gasteiger partial charge >= 0.3 is 12.6 Å². The van der Waals surface area contributed by atoms with Gasteiger partial charge in [-0.3, -0.25) is 9.58 Å². The van der Waals surface area contributed by atoms with Crippen molar-refractivity contribution < 1.29 is 31.8 Å². The van der Waals surface area contributed by atoms with Crippen LogP contribution in [0.1, 0.15) is 5.69 Å². The number of rotatable bonds is 7. The Morgan fingerprint density at radius 3 is 2.53 bits per heavy atom. The Hall–Kier alpha value is -4.42. The minimum atomic E-state index is -3.01. The van der Waals surface area contributed by atoms with Gasteiger partial charge in [0.2, 0.25) is 5.88 Å². The van der Waals surface area contributed by atoms with Crippen molar-refractivity contribution in [1.82, 2.24) is 19.7 Å². The molecule has 186 valence electrons. The molecule has 0 saturated heterocycles. The predicted molar refractivity (Wildman–Crippen MR) is 121 cm³/mol. The van der Waals surface area contributed by atoms with Crippen molar-refractivity contribution in [2.45, 2.75) is 19.6 Å². The Kier molecular flexibility index (Phi) is 6.04. The van der Waals surface area contributed by atoms with E-state index in [1.165, 1.54) is 40.3 Å². The summed E-state index contributed by atoms with van der Waals surface area (Å²) in [6.45, 7) is -3.85. The highest BCUT2D eigenvalue weighted by molar-refractivity contribution is 6.10. The molecule has 0 radical (unpaired) electrons. The third-order valence-electron chi connectivity index (χ3n) is 5.34. The van der Waals surface area contributed by atoms with Crippen molar-refractivity contribution in [2.75, 3.05) is 16.4 Å². The van der Waals surface area contributed by atoms with Crippen LogP contribution in [0.4, 0.5) is 39.5 Å². The molecule has 0 fully saturated rings. The highest BCUT2D eigenvalue weighted by atomic mass is 19.3. The third-order valence-corrected chi connectivity index (χ3v) is 5.34. The molecular weight excluding hydrogens is 484 g/mol. The number of hydrogen-bond donors (Lipinski definition) is 0. The van der Waals surface area contributed by atoms with Gasteiger partial charge in [0.25, 0.3) is 6.43 Å². The normalized spacial score (nSPS) is 13.6. The fourth-order valence-electron chi connectivity index (χ4n) is 3.84. The SMILES string of the molecule is Cn1cc2cc(N3Cc4ncc(OCC(F)F)nc4N(c4ccc(OC(F)F)cc4)C3=O)ccc2n1. The number of carbonyl (C=O) groups excluding carboxylic acids is 1. The van der Waals surface area contributed by atoms with Crippen LogP contribution in [0, 0.1) is 0 Å². The summed E-state index contributed by atoms with van der Waals surface area (Å²) in [6.07, 6.45) is 0.297. The van der Waals surface area contributed by atoms with Crippen molar-refractivity contribution >= 4 is 34.1 Å². The highest BCUT2D eigenvalue weighted by Crippen LogP contribution is 2.37. The Morgan fingerprint density at radius 1 is 1.06 bits per heavy atom. The van der Waals surface area contributed by atoms with Crippen LogP contribution >= 0.6 is 0 Å². The van der Waals surface area contributed by atoms with E-state index in [2.05, 4.69) is 19.8 Å². The van der Waals surface area contributed by atoms with Crippen molar-refractivity contribution in [3.05, 3.63) is 60.6 Å². The Bertz CT molecular complexity index is 1410. The first kappa shape index (κ1) is 23.3. The molecule has 0 unspecified atom stereocenters. The van der Waals surface area contributed by atoms with Gasteiger partial charge < -0.3 is 9.47 Å². The first-order chi connectivity index (χ1) is 17.3. The zero-order valence-corrected chi connectivity index (χ0v) is 18.7. The van der Waals surface area contributed by atoms with Crippen LogP contribution in [0.25, 0.3) is 10.9 Å². The highest BCUT2D eigenvalue weighted by Gasteiger charge is 2.35. The van der Waals surface area contributed by atoms with E-state index in [-0.39, 0.29) is 29.7 Å².